The molecule has 2 N–H and O–H groups in total. The van der Waals surface area contributed by atoms with Gasteiger partial charge in [0.25, 0.3) is 0 Å². The van der Waals surface area contributed by atoms with E-state index in [4.69, 9.17) is 0 Å². The number of carboxylic acids is 2. The Morgan fingerprint density at radius 3 is 2.06 bits per heavy atom. The minimum absolute atomic E-state index is 0.245. The van der Waals surface area contributed by atoms with Crippen LogP contribution in [0.5, 0.6) is 0 Å². The number of rotatable bonds is 3. The van der Waals surface area contributed by atoms with E-state index in [9.17, 15) is 19.8 Å². The van der Waals surface area contributed by atoms with Gasteiger partial charge in [-0.25, -0.2) is 0 Å². The zero-order chi connectivity index (χ0) is 14.0. The van der Waals surface area contributed by atoms with E-state index in [1.807, 2.05) is 32.9 Å². The highest BCUT2D eigenvalue weighted by atomic mass is 16.4. The lowest BCUT2D eigenvalue weighted by atomic mass is 9.67. The van der Waals surface area contributed by atoms with Crippen LogP contribution in [0, 0.1) is 23.7 Å². The highest BCUT2D eigenvalue weighted by Gasteiger charge is 2.44. The number of hydrogen-bond acceptors (Lipinski definition) is 2. The summed E-state index contributed by atoms with van der Waals surface area (Å²) in [5, 5.41) is 18.6. The van der Waals surface area contributed by atoms with Crippen molar-refractivity contribution in [3.05, 3.63) is 23.3 Å². The predicted octanol–water partition coefficient (Wildman–Crippen LogP) is 2.57. The fraction of sp³-hybridized carbons (Fsp3) is 0.571. The van der Waals surface area contributed by atoms with Crippen LogP contribution in [0.4, 0.5) is 0 Å². The summed E-state index contributed by atoms with van der Waals surface area (Å²) >= 11 is 0. The third-order valence-electron chi connectivity index (χ3n) is 3.61. The van der Waals surface area contributed by atoms with Crippen molar-refractivity contribution in [2.45, 2.75) is 27.7 Å². The molecular weight excluding hydrogens is 232 g/mol. The first-order chi connectivity index (χ1) is 8.25. The molecule has 0 saturated heterocycles. The molecule has 0 heterocycles. The van der Waals surface area contributed by atoms with Gasteiger partial charge < -0.3 is 10.2 Å². The summed E-state index contributed by atoms with van der Waals surface area (Å²) in [5.41, 5.74) is 1.94. The van der Waals surface area contributed by atoms with Gasteiger partial charge in [0.2, 0.25) is 0 Å². The maximum Gasteiger partial charge on any atom is 0.308 e. The van der Waals surface area contributed by atoms with Crippen molar-refractivity contribution in [3.63, 3.8) is 0 Å². The lowest BCUT2D eigenvalue weighted by molar-refractivity contribution is -0.157. The van der Waals surface area contributed by atoms with Gasteiger partial charge in [0.1, 0.15) is 0 Å². The van der Waals surface area contributed by atoms with Gasteiger partial charge in [-0.2, -0.15) is 0 Å². The van der Waals surface area contributed by atoms with Crippen molar-refractivity contribution >= 4 is 11.9 Å². The average Bonchev–Trinajstić information content (AvgIpc) is 2.20. The maximum absolute atomic E-state index is 11.4. The number of carbonyl (C=O) groups is 2. The molecule has 0 radical (unpaired) electrons. The summed E-state index contributed by atoms with van der Waals surface area (Å²) in [7, 11) is 0. The lowest BCUT2D eigenvalue weighted by Crippen LogP contribution is -2.41. The summed E-state index contributed by atoms with van der Waals surface area (Å²) in [6.07, 6.45) is 3.72. The molecule has 4 atom stereocenters. The Balaban J connectivity index is 3.29. The summed E-state index contributed by atoms with van der Waals surface area (Å²) < 4.78 is 0. The molecule has 0 aliphatic heterocycles. The summed E-state index contributed by atoms with van der Waals surface area (Å²) in [5.74, 6) is -4.42. The monoisotopic (exact) mass is 252 g/mol. The van der Waals surface area contributed by atoms with Gasteiger partial charge in [0, 0.05) is 5.92 Å². The third kappa shape index (κ3) is 2.81. The molecule has 4 nitrogen and oxygen atoms in total. The van der Waals surface area contributed by atoms with E-state index >= 15 is 0 Å². The van der Waals surface area contributed by atoms with Crippen LogP contribution in [0.3, 0.4) is 0 Å². The standard InChI is InChI=1S/C14H20O4/c1-7(2)5-10-6-8(3)9(4)11(13(15)16)12(10)14(17)18/h5-6,9-12H,1-4H3,(H,15,16)(H,17,18)/t9-,10-,11-,12+/m0/s1. The molecule has 0 aromatic rings. The molecule has 1 aliphatic rings. The molecule has 0 aromatic carbocycles. The number of hydrogen-bond donors (Lipinski definition) is 2. The molecule has 0 spiro atoms. The third-order valence-corrected chi connectivity index (χ3v) is 3.61. The largest absolute Gasteiger partial charge is 0.481 e. The van der Waals surface area contributed by atoms with Crippen molar-refractivity contribution in [3.8, 4) is 0 Å². The highest BCUT2D eigenvalue weighted by Crippen LogP contribution is 2.39. The van der Waals surface area contributed by atoms with E-state index < -0.39 is 23.8 Å². The summed E-state index contributed by atoms with van der Waals surface area (Å²) in [6.45, 7) is 7.41. The van der Waals surface area contributed by atoms with Gasteiger partial charge in [-0.15, -0.1) is 0 Å². The fourth-order valence-corrected chi connectivity index (χ4v) is 2.62. The van der Waals surface area contributed by atoms with Crippen LogP contribution in [0.2, 0.25) is 0 Å². The first kappa shape index (κ1) is 14.5. The summed E-state index contributed by atoms with van der Waals surface area (Å²) in [6, 6.07) is 0. The van der Waals surface area contributed by atoms with Crippen molar-refractivity contribution in [2.24, 2.45) is 23.7 Å². The van der Waals surface area contributed by atoms with E-state index in [1.54, 1.807) is 6.92 Å². The Hall–Kier alpha value is -1.58. The molecule has 0 aromatic heterocycles. The van der Waals surface area contributed by atoms with E-state index in [0.29, 0.717) is 0 Å². The number of aliphatic carboxylic acids is 2. The van der Waals surface area contributed by atoms with Crippen LogP contribution < -0.4 is 0 Å². The molecule has 0 amide bonds. The van der Waals surface area contributed by atoms with Gasteiger partial charge in [-0.1, -0.05) is 30.2 Å². The zero-order valence-electron chi connectivity index (χ0n) is 11.2. The van der Waals surface area contributed by atoms with Crippen LogP contribution >= 0.6 is 0 Å². The second kappa shape index (κ2) is 5.38. The normalized spacial score (nSPS) is 31.4. The fourth-order valence-electron chi connectivity index (χ4n) is 2.62. The van der Waals surface area contributed by atoms with Crippen LogP contribution in [-0.2, 0) is 9.59 Å². The SMILES string of the molecule is CC(C)=C[C@H]1C=C(C)[C@H](C)[C@H](C(=O)O)[C@@H]1C(=O)O. The second-order valence-electron chi connectivity index (χ2n) is 5.25. The molecule has 0 bridgehead atoms. The molecule has 1 rings (SSSR count). The Morgan fingerprint density at radius 2 is 1.67 bits per heavy atom. The molecule has 0 saturated carbocycles. The zero-order valence-corrected chi connectivity index (χ0v) is 11.2. The van der Waals surface area contributed by atoms with E-state index in [0.717, 1.165) is 11.1 Å². The lowest BCUT2D eigenvalue weighted by Gasteiger charge is -2.35. The minimum atomic E-state index is -1.04. The molecule has 1 aliphatic carbocycles. The molecule has 100 valence electrons. The van der Waals surface area contributed by atoms with E-state index in [2.05, 4.69) is 0 Å². The average molecular weight is 252 g/mol. The molecule has 0 fully saturated rings. The van der Waals surface area contributed by atoms with Crippen molar-refractivity contribution in [1.29, 1.82) is 0 Å². The molecule has 4 heteroatoms. The Morgan fingerprint density at radius 1 is 1.17 bits per heavy atom. The van der Waals surface area contributed by atoms with Crippen LogP contribution in [0.1, 0.15) is 27.7 Å². The second-order valence-corrected chi connectivity index (χ2v) is 5.25. The maximum atomic E-state index is 11.4. The van der Waals surface area contributed by atoms with E-state index in [-0.39, 0.29) is 11.8 Å². The molecular formula is C14H20O4. The first-order valence-electron chi connectivity index (χ1n) is 6.04. The Labute approximate surface area is 107 Å². The van der Waals surface area contributed by atoms with Gasteiger partial charge in [-0.05, 0) is 26.7 Å². The summed E-state index contributed by atoms with van der Waals surface area (Å²) in [4.78, 5) is 22.7. The van der Waals surface area contributed by atoms with Crippen LogP contribution in [-0.4, -0.2) is 22.2 Å². The van der Waals surface area contributed by atoms with Crippen molar-refractivity contribution < 1.29 is 19.8 Å². The predicted molar refractivity (Wildman–Crippen MR) is 68.1 cm³/mol. The number of allylic oxidation sites excluding steroid dienone is 4. The van der Waals surface area contributed by atoms with Crippen molar-refractivity contribution in [2.75, 3.05) is 0 Å². The Bertz CT molecular complexity index is 416. The van der Waals surface area contributed by atoms with E-state index in [1.165, 1.54) is 0 Å². The first-order valence-corrected chi connectivity index (χ1v) is 6.04. The number of carboxylic acid groups (broad SMARTS) is 2. The topological polar surface area (TPSA) is 74.6 Å². The molecule has 18 heavy (non-hydrogen) atoms. The Kier molecular flexibility index (Phi) is 4.33. The van der Waals surface area contributed by atoms with Crippen molar-refractivity contribution in [1.82, 2.24) is 0 Å². The van der Waals surface area contributed by atoms with Gasteiger partial charge >= 0.3 is 11.9 Å². The molecule has 0 unspecified atom stereocenters. The quantitative estimate of drug-likeness (QED) is 0.757. The smallest absolute Gasteiger partial charge is 0.308 e. The minimum Gasteiger partial charge on any atom is -0.481 e. The van der Waals surface area contributed by atoms with Crippen LogP contribution in [0.15, 0.2) is 23.3 Å². The van der Waals surface area contributed by atoms with Crippen LogP contribution in [0.25, 0.3) is 0 Å². The highest BCUT2D eigenvalue weighted by molar-refractivity contribution is 5.82. The van der Waals surface area contributed by atoms with Gasteiger partial charge in [0.15, 0.2) is 0 Å². The van der Waals surface area contributed by atoms with Gasteiger partial charge in [-0.3, -0.25) is 9.59 Å². The van der Waals surface area contributed by atoms with Gasteiger partial charge in [0.05, 0.1) is 11.8 Å².